The van der Waals surface area contributed by atoms with E-state index < -0.39 is 0 Å². The van der Waals surface area contributed by atoms with Gasteiger partial charge in [0.25, 0.3) is 0 Å². The summed E-state index contributed by atoms with van der Waals surface area (Å²) in [4.78, 5) is 8.45. The van der Waals surface area contributed by atoms with E-state index in [0.717, 1.165) is 24.2 Å². The molecular weight excluding hydrogens is 222 g/mol. The molecule has 0 spiro atoms. The molecule has 94 valence electrons. The summed E-state index contributed by atoms with van der Waals surface area (Å²) in [6, 6.07) is 8.93. The van der Waals surface area contributed by atoms with Crippen molar-refractivity contribution in [3.63, 3.8) is 0 Å². The van der Waals surface area contributed by atoms with Crippen LogP contribution in [0.2, 0.25) is 0 Å². The molecule has 2 rings (SSSR count). The molecule has 0 saturated carbocycles. The summed E-state index contributed by atoms with van der Waals surface area (Å²) < 4.78 is 0. The first-order chi connectivity index (χ1) is 8.85. The van der Waals surface area contributed by atoms with E-state index in [1.165, 1.54) is 5.56 Å². The van der Waals surface area contributed by atoms with Crippen molar-refractivity contribution in [1.82, 2.24) is 15.3 Å². The smallest absolute Gasteiger partial charge is 0.0885 e. The van der Waals surface area contributed by atoms with Crippen molar-refractivity contribution >= 4 is 0 Å². The number of aromatic nitrogens is 2. The van der Waals surface area contributed by atoms with Gasteiger partial charge in [-0.2, -0.15) is 0 Å². The summed E-state index contributed by atoms with van der Waals surface area (Å²) in [5.41, 5.74) is 3.35. The average molecular weight is 241 g/mol. The molecule has 1 N–H and O–H groups in total. The second-order valence-corrected chi connectivity index (χ2v) is 4.23. The van der Waals surface area contributed by atoms with Crippen molar-refractivity contribution in [2.75, 3.05) is 6.54 Å². The fourth-order valence-electron chi connectivity index (χ4n) is 2.11. The normalized spacial score (nSPS) is 12.3. The van der Waals surface area contributed by atoms with Crippen molar-refractivity contribution in [2.24, 2.45) is 0 Å². The topological polar surface area (TPSA) is 37.8 Å². The van der Waals surface area contributed by atoms with Gasteiger partial charge in [-0.3, -0.25) is 9.97 Å². The maximum Gasteiger partial charge on any atom is 0.0885 e. The van der Waals surface area contributed by atoms with Gasteiger partial charge in [-0.1, -0.05) is 32.0 Å². The van der Waals surface area contributed by atoms with Crippen LogP contribution in [0.4, 0.5) is 0 Å². The molecular formula is C15H19N3. The molecule has 1 aromatic carbocycles. The molecule has 1 heterocycles. The lowest BCUT2D eigenvalue weighted by Gasteiger charge is -2.17. The molecule has 3 nitrogen and oxygen atoms in total. The second-order valence-electron chi connectivity index (χ2n) is 4.23. The van der Waals surface area contributed by atoms with Gasteiger partial charge in [-0.15, -0.1) is 0 Å². The van der Waals surface area contributed by atoms with E-state index in [1.807, 2.05) is 0 Å². The van der Waals surface area contributed by atoms with Crippen molar-refractivity contribution in [1.29, 1.82) is 0 Å². The number of rotatable bonds is 5. The Bertz CT molecular complexity index is 482. The number of nitrogens with zero attached hydrogens (tertiary/aromatic N) is 2. The summed E-state index contributed by atoms with van der Waals surface area (Å²) in [6.45, 7) is 5.31. The Balaban J connectivity index is 2.30. The fraction of sp³-hybridized carbons (Fsp3) is 0.333. The van der Waals surface area contributed by atoms with E-state index >= 15 is 0 Å². The monoisotopic (exact) mass is 241 g/mol. The minimum absolute atomic E-state index is 0.409. The van der Waals surface area contributed by atoms with Gasteiger partial charge in [0.1, 0.15) is 0 Å². The molecule has 0 bridgehead atoms. The van der Waals surface area contributed by atoms with Crippen molar-refractivity contribution in [3.05, 3.63) is 48.4 Å². The highest BCUT2D eigenvalue weighted by Gasteiger charge is 2.08. The van der Waals surface area contributed by atoms with E-state index in [1.54, 1.807) is 18.6 Å². The maximum atomic E-state index is 4.34. The van der Waals surface area contributed by atoms with Gasteiger partial charge in [0, 0.05) is 24.0 Å². The van der Waals surface area contributed by atoms with E-state index in [2.05, 4.69) is 53.4 Å². The summed E-state index contributed by atoms with van der Waals surface area (Å²) >= 11 is 0. The van der Waals surface area contributed by atoms with Crippen LogP contribution in [0.3, 0.4) is 0 Å². The highest BCUT2D eigenvalue weighted by molar-refractivity contribution is 5.59. The van der Waals surface area contributed by atoms with Gasteiger partial charge >= 0.3 is 0 Å². The molecule has 0 aliphatic heterocycles. The Morgan fingerprint density at radius 3 is 2.78 bits per heavy atom. The van der Waals surface area contributed by atoms with Gasteiger partial charge in [-0.05, 0) is 24.6 Å². The van der Waals surface area contributed by atoms with Crippen molar-refractivity contribution in [3.8, 4) is 11.3 Å². The molecule has 0 aliphatic carbocycles. The van der Waals surface area contributed by atoms with Gasteiger partial charge < -0.3 is 5.32 Å². The Morgan fingerprint density at radius 2 is 2.11 bits per heavy atom. The number of hydrogen-bond acceptors (Lipinski definition) is 3. The fourth-order valence-corrected chi connectivity index (χ4v) is 2.11. The average Bonchev–Trinajstić information content (AvgIpc) is 2.46. The summed E-state index contributed by atoms with van der Waals surface area (Å²) in [7, 11) is 0. The van der Waals surface area contributed by atoms with Crippen LogP contribution < -0.4 is 5.32 Å². The lowest BCUT2D eigenvalue weighted by Crippen LogP contribution is -2.19. The predicted molar refractivity (Wildman–Crippen MR) is 74.2 cm³/mol. The van der Waals surface area contributed by atoms with Crippen molar-refractivity contribution in [2.45, 2.75) is 26.3 Å². The second kappa shape index (κ2) is 6.26. The molecule has 1 unspecified atom stereocenters. The number of nitrogens with one attached hydrogen (secondary N) is 1. The van der Waals surface area contributed by atoms with E-state index in [-0.39, 0.29) is 0 Å². The molecule has 1 aromatic heterocycles. The van der Waals surface area contributed by atoms with E-state index in [4.69, 9.17) is 0 Å². The SMILES string of the molecule is CCNC(CC)c1cccc(-c2cnccn2)c1. The Hall–Kier alpha value is -1.74. The molecule has 0 aliphatic rings. The van der Waals surface area contributed by atoms with Gasteiger partial charge in [0.15, 0.2) is 0 Å². The quantitative estimate of drug-likeness (QED) is 0.873. The number of benzene rings is 1. The maximum absolute atomic E-state index is 4.34. The van der Waals surface area contributed by atoms with Crippen LogP contribution in [0.25, 0.3) is 11.3 Å². The summed E-state index contributed by atoms with van der Waals surface area (Å²) in [6.07, 6.45) is 6.30. The van der Waals surface area contributed by atoms with E-state index in [0.29, 0.717) is 6.04 Å². The molecule has 0 saturated heterocycles. The van der Waals surface area contributed by atoms with Gasteiger partial charge in [0.2, 0.25) is 0 Å². The zero-order valence-corrected chi connectivity index (χ0v) is 10.9. The molecule has 1 atom stereocenters. The van der Waals surface area contributed by atoms with Gasteiger partial charge in [-0.25, -0.2) is 0 Å². The van der Waals surface area contributed by atoms with Gasteiger partial charge in [0.05, 0.1) is 11.9 Å². The van der Waals surface area contributed by atoms with Crippen LogP contribution in [0.1, 0.15) is 31.9 Å². The molecule has 0 radical (unpaired) electrons. The zero-order chi connectivity index (χ0) is 12.8. The molecule has 3 heteroatoms. The van der Waals surface area contributed by atoms with Crippen LogP contribution in [0.15, 0.2) is 42.9 Å². The van der Waals surface area contributed by atoms with E-state index in [9.17, 15) is 0 Å². The minimum atomic E-state index is 0.409. The highest BCUT2D eigenvalue weighted by Crippen LogP contribution is 2.22. The summed E-state index contributed by atoms with van der Waals surface area (Å²) in [5.74, 6) is 0. The lowest BCUT2D eigenvalue weighted by atomic mass is 10.0. The zero-order valence-electron chi connectivity index (χ0n) is 10.9. The molecule has 2 aromatic rings. The largest absolute Gasteiger partial charge is 0.310 e. The third-order valence-electron chi connectivity index (χ3n) is 3.01. The van der Waals surface area contributed by atoms with Crippen molar-refractivity contribution < 1.29 is 0 Å². The van der Waals surface area contributed by atoms with Crippen LogP contribution in [0.5, 0.6) is 0 Å². The Kier molecular flexibility index (Phi) is 4.42. The number of hydrogen-bond donors (Lipinski definition) is 1. The van der Waals surface area contributed by atoms with Crippen LogP contribution in [0, 0.1) is 0 Å². The molecule has 0 fully saturated rings. The first-order valence-corrected chi connectivity index (χ1v) is 6.44. The lowest BCUT2D eigenvalue weighted by molar-refractivity contribution is 0.537. The standard InChI is InChI=1S/C15H19N3/c1-3-14(17-4-2)12-6-5-7-13(10-12)15-11-16-8-9-18-15/h5-11,14,17H,3-4H2,1-2H3. The highest BCUT2D eigenvalue weighted by atomic mass is 14.9. The predicted octanol–water partition coefficient (Wildman–Crippen LogP) is 3.20. The summed E-state index contributed by atoms with van der Waals surface area (Å²) in [5, 5.41) is 3.49. The first kappa shape index (κ1) is 12.7. The minimum Gasteiger partial charge on any atom is -0.310 e. The third-order valence-corrected chi connectivity index (χ3v) is 3.01. The van der Waals surface area contributed by atoms with Crippen LogP contribution in [-0.4, -0.2) is 16.5 Å². The first-order valence-electron chi connectivity index (χ1n) is 6.44. The Morgan fingerprint density at radius 1 is 1.22 bits per heavy atom. The molecule has 18 heavy (non-hydrogen) atoms. The third kappa shape index (κ3) is 2.93. The van der Waals surface area contributed by atoms with Crippen LogP contribution >= 0.6 is 0 Å². The molecule has 0 amide bonds. The Labute approximate surface area is 108 Å². The van der Waals surface area contributed by atoms with Crippen LogP contribution in [-0.2, 0) is 0 Å².